The number of carbonyl (C=O) groups is 2. The molecule has 1 atom stereocenters. The smallest absolute Gasteiger partial charge is 0.434 e. The lowest BCUT2D eigenvalue weighted by Crippen LogP contribution is -2.46. The third kappa shape index (κ3) is 7.92. The molecule has 1 fully saturated rings. The minimum absolute atomic E-state index is 0.0761. The van der Waals surface area contributed by atoms with E-state index in [1.54, 1.807) is 49.9 Å². The quantitative estimate of drug-likeness (QED) is 0.165. The van der Waals surface area contributed by atoms with Crippen LogP contribution in [0.25, 0.3) is 22.2 Å². The van der Waals surface area contributed by atoms with Crippen molar-refractivity contribution in [1.82, 2.24) is 20.4 Å². The van der Waals surface area contributed by atoms with Gasteiger partial charge >= 0.3 is 18.4 Å². The number of hydrogen-bond donors (Lipinski definition) is 2. The number of nitrogens with one attached hydrogen (secondary N) is 1. The minimum atomic E-state index is -4.43. The highest BCUT2D eigenvalue weighted by Gasteiger charge is 2.35. The van der Waals surface area contributed by atoms with Gasteiger partial charge in [0, 0.05) is 18.5 Å². The number of likely N-dealkylation sites (tertiary alicyclic amines) is 1. The Morgan fingerprint density at radius 2 is 1.83 bits per heavy atom. The first kappa shape index (κ1) is 32.3. The largest absolute Gasteiger partial charge is 0.493 e. The van der Waals surface area contributed by atoms with Crippen molar-refractivity contribution in [2.24, 2.45) is 4.99 Å². The van der Waals surface area contributed by atoms with Crippen LogP contribution in [0.1, 0.15) is 56.7 Å². The summed E-state index contributed by atoms with van der Waals surface area (Å²) in [5.41, 5.74) is -0.632. The van der Waals surface area contributed by atoms with E-state index in [4.69, 9.17) is 14.0 Å². The fraction of sp³-hybridized carbons (Fsp3) is 0.344. The molecule has 14 heteroatoms. The Morgan fingerprint density at radius 3 is 2.57 bits per heavy atom. The van der Waals surface area contributed by atoms with Crippen LogP contribution >= 0.6 is 0 Å². The van der Waals surface area contributed by atoms with E-state index in [2.05, 4.69) is 20.4 Å². The molecule has 1 saturated heterocycles. The summed E-state index contributed by atoms with van der Waals surface area (Å²) >= 11 is 0. The van der Waals surface area contributed by atoms with Crippen molar-refractivity contribution in [2.45, 2.75) is 57.9 Å². The van der Waals surface area contributed by atoms with Gasteiger partial charge in [-0.3, -0.25) is 5.32 Å². The number of fused-ring (bicyclic) bond motifs is 1. The summed E-state index contributed by atoms with van der Waals surface area (Å²) in [5.74, 6) is 0.862. The molecule has 0 spiro atoms. The van der Waals surface area contributed by atoms with Crippen molar-refractivity contribution in [3.8, 4) is 17.1 Å². The molecule has 1 aliphatic rings. The maximum atomic E-state index is 13.3. The number of alkyl halides is 3. The zero-order valence-electron chi connectivity index (χ0n) is 25.3. The van der Waals surface area contributed by atoms with Gasteiger partial charge in [0.15, 0.2) is 0 Å². The van der Waals surface area contributed by atoms with Gasteiger partial charge in [0.05, 0.1) is 12.2 Å². The number of aromatic nitrogens is 2. The highest BCUT2D eigenvalue weighted by Crippen LogP contribution is 2.34. The Hall–Kier alpha value is -5.14. The molecule has 242 valence electrons. The third-order valence-electron chi connectivity index (χ3n) is 7.10. The van der Waals surface area contributed by atoms with Gasteiger partial charge in [-0.1, -0.05) is 41.6 Å². The van der Waals surface area contributed by atoms with Crippen LogP contribution in [0.5, 0.6) is 5.75 Å². The normalized spacial score (nSPS) is 15.7. The third-order valence-corrected chi connectivity index (χ3v) is 7.10. The number of guanidine groups is 1. The zero-order valence-corrected chi connectivity index (χ0v) is 25.3. The summed E-state index contributed by atoms with van der Waals surface area (Å²) < 4.78 is 56.5. The Balaban J connectivity index is 1.28. The zero-order chi connectivity index (χ0) is 33.1. The predicted molar refractivity (Wildman–Crippen MR) is 161 cm³/mol. The van der Waals surface area contributed by atoms with E-state index in [1.165, 1.54) is 12.1 Å². The van der Waals surface area contributed by atoms with Gasteiger partial charge in [0.25, 0.3) is 0 Å². The standard InChI is InChI=1S/C32H32F3N5O6/c1-31(2,3)45-30(43)38-28(37-29(41)42)40-15-6-9-25(40)27-36-26(39-46-27)22-11-10-21-18-23(13-12-20(21)17-22)44-16-14-19-7-4-5-8-24(19)32(33,34)35/h4-5,7-8,10-13,17-18,25H,6,9,14-16H2,1-3H3,(H,41,42)(H,37,38,43)/t25-/m0/s1. The Morgan fingerprint density at radius 1 is 1.09 bits per heavy atom. The lowest BCUT2D eigenvalue weighted by atomic mass is 10.0. The predicted octanol–water partition coefficient (Wildman–Crippen LogP) is 7.23. The van der Waals surface area contributed by atoms with Crippen LogP contribution in [0.15, 0.2) is 70.2 Å². The van der Waals surface area contributed by atoms with Crippen molar-refractivity contribution in [3.63, 3.8) is 0 Å². The minimum Gasteiger partial charge on any atom is -0.493 e. The summed E-state index contributed by atoms with van der Waals surface area (Å²) in [4.78, 5) is 33.5. The lowest BCUT2D eigenvalue weighted by molar-refractivity contribution is -0.138. The van der Waals surface area contributed by atoms with Crippen molar-refractivity contribution in [1.29, 1.82) is 0 Å². The number of benzene rings is 3. The summed E-state index contributed by atoms with van der Waals surface area (Å²) in [6, 6.07) is 15.8. The number of alkyl carbamates (subject to hydrolysis) is 1. The molecule has 0 radical (unpaired) electrons. The van der Waals surface area contributed by atoms with Gasteiger partial charge in [-0.05, 0) is 74.2 Å². The van der Waals surface area contributed by atoms with E-state index in [9.17, 15) is 27.9 Å². The monoisotopic (exact) mass is 639 g/mol. The van der Waals surface area contributed by atoms with E-state index >= 15 is 0 Å². The molecule has 4 aromatic rings. The maximum Gasteiger partial charge on any atom is 0.434 e. The molecule has 2 N–H and O–H groups in total. The molecule has 2 amide bonds. The number of hydrogen-bond acceptors (Lipinski definition) is 7. The number of aliphatic imine (C=N–C) groups is 1. The number of rotatable bonds is 6. The molecule has 1 aromatic heterocycles. The van der Waals surface area contributed by atoms with Gasteiger partial charge in [0.2, 0.25) is 17.7 Å². The number of carboxylic acid groups (broad SMARTS) is 1. The fourth-order valence-corrected chi connectivity index (χ4v) is 5.16. The molecule has 5 rings (SSSR count). The topological polar surface area (TPSA) is 139 Å². The Kier molecular flexibility index (Phi) is 9.17. The van der Waals surface area contributed by atoms with Crippen LogP contribution in [-0.2, 0) is 17.3 Å². The summed E-state index contributed by atoms with van der Waals surface area (Å²) in [5, 5.41) is 17.6. The average Bonchev–Trinajstić information content (AvgIpc) is 3.65. The second kappa shape index (κ2) is 13.1. The molecule has 46 heavy (non-hydrogen) atoms. The van der Waals surface area contributed by atoms with Crippen molar-refractivity contribution < 1.29 is 41.9 Å². The number of ether oxygens (including phenoxy) is 2. The number of amides is 2. The van der Waals surface area contributed by atoms with E-state index in [0.29, 0.717) is 36.5 Å². The van der Waals surface area contributed by atoms with Crippen LogP contribution < -0.4 is 10.1 Å². The number of halogens is 3. The first-order chi connectivity index (χ1) is 21.8. The maximum absolute atomic E-state index is 13.3. The van der Waals surface area contributed by atoms with Crippen LogP contribution in [0.4, 0.5) is 22.8 Å². The summed E-state index contributed by atoms with van der Waals surface area (Å²) in [6.07, 6.45) is -5.44. The molecular formula is C32H32F3N5O6. The SMILES string of the molecule is CC(C)(C)OC(=O)N/C(=N/C(=O)O)N1CCC[C@H]1c1nc(-c2ccc3cc(OCCc4ccccc4C(F)(F)F)ccc3c2)no1. The van der Waals surface area contributed by atoms with Crippen molar-refractivity contribution in [3.05, 3.63) is 77.7 Å². The average molecular weight is 640 g/mol. The molecule has 0 bridgehead atoms. The molecule has 3 aromatic carbocycles. The molecule has 0 aliphatic carbocycles. The second-order valence-electron chi connectivity index (χ2n) is 11.6. The Bertz CT molecular complexity index is 1760. The van der Waals surface area contributed by atoms with Gasteiger partial charge in [-0.15, -0.1) is 4.99 Å². The second-order valence-corrected chi connectivity index (χ2v) is 11.6. The van der Waals surface area contributed by atoms with Crippen LogP contribution in [-0.4, -0.2) is 57.0 Å². The van der Waals surface area contributed by atoms with E-state index in [0.717, 1.165) is 16.8 Å². The molecule has 1 aliphatic heterocycles. The molecule has 2 heterocycles. The van der Waals surface area contributed by atoms with E-state index < -0.39 is 35.6 Å². The van der Waals surface area contributed by atoms with Gasteiger partial charge in [-0.25, -0.2) is 9.59 Å². The molecule has 0 unspecified atom stereocenters. The summed E-state index contributed by atoms with van der Waals surface area (Å²) in [6.45, 7) is 5.52. The molecular weight excluding hydrogens is 607 g/mol. The highest BCUT2D eigenvalue weighted by atomic mass is 19.4. The summed E-state index contributed by atoms with van der Waals surface area (Å²) in [7, 11) is 0. The van der Waals surface area contributed by atoms with Gasteiger partial charge in [0.1, 0.15) is 17.4 Å². The van der Waals surface area contributed by atoms with Crippen LogP contribution in [0, 0.1) is 0 Å². The first-order valence-electron chi connectivity index (χ1n) is 14.5. The van der Waals surface area contributed by atoms with Crippen molar-refractivity contribution in [2.75, 3.05) is 13.2 Å². The molecule has 0 saturated carbocycles. The van der Waals surface area contributed by atoms with Crippen LogP contribution in [0.2, 0.25) is 0 Å². The highest BCUT2D eigenvalue weighted by molar-refractivity contribution is 5.98. The van der Waals surface area contributed by atoms with Gasteiger partial charge < -0.3 is 24.0 Å². The van der Waals surface area contributed by atoms with E-state index in [-0.39, 0.29) is 30.4 Å². The first-order valence-corrected chi connectivity index (χ1v) is 14.5. The fourth-order valence-electron chi connectivity index (χ4n) is 5.16. The van der Waals surface area contributed by atoms with E-state index in [1.807, 2.05) is 18.2 Å². The van der Waals surface area contributed by atoms with Crippen molar-refractivity contribution >= 4 is 28.9 Å². The number of nitrogens with zero attached hydrogens (tertiary/aromatic N) is 4. The molecule has 11 nitrogen and oxygen atoms in total. The van der Waals surface area contributed by atoms with Crippen LogP contribution in [0.3, 0.4) is 0 Å². The number of carbonyl (C=O) groups excluding carboxylic acids is 1. The lowest BCUT2D eigenvalue weighted by Gasteiger charge is -2.26. The Labute approximate surface area is 262 Å². The van der Waals surface area contributed by atoms with Gasteiger partial charge in [-0.2, -0.15) is 18.2 Å².